The lowest BCUT2D eigenvalue weighted by molar-refractivity contribution is -0.146. The first-order valence-electron chi connectivity index (χ1n) is 20.8. The van der Waals surface area contributed by atoms with Gasteiger partial charge in [0, 0.05) is 42.6 Å². The molecule has 14 heteroatoms. The molecule has 2 aromatic heterocycles. The topological polar surface area (TPSA) is 157 Å². The Morgan fingerprint density at radius 2 is 1.63 bits per heavy atom. The van der Waals surface area contributed by atoms with Crippen LogP contribution < -0.4 is 14.2 Å². The molecule has 1 N–H and O–H groups in total. The maximum absolute atomic E-state index is 15.4. The Labute approximate surface area is 362 Å². The van der Waals surface area contributed by atoms with E-state index in [0.29, 0.717) is 52.2 Å². The monoisotopic (exact) mass is 857 g/mol. The van der Waals surface area contributed by atoms with Crippen LogP contribution in [-0.2, 0) is 37.3 Å². The lowest BCUT2D eigenvalue weighted by Gasteiger charge is -2.36. The Kier molecular flexibility index (Phi) is 11.3. The van der Waals surface area contributed by atoms with Crippen LogP contribution >= 0.6 is 0 Å². The van der Waals surface area contributed by atoms with Crippen molar-refractivity contribution in [3.05, 3.63) is 133 Å². The first kappa shape index (κ1) is 42.4. The summed E-state index contributed by atoms with van der Waals surface area (Å²) in [4.78, 5) is 56.4. The summed E-state index contributed by atoms with van der Waals surface area (Å²) in [5.41, 5.74) is 0.812. The molecule has 3 heterocycles. The van der Waals surface area contributed by atoms with Gasteiger partial charge >= 0.3 is 6.09 Å². The Morgan fingerprint density at radius 3 is 2.24 bits per heavy atom. The van der Waals surface area contributed by atoms with Gasteiger partial charge in [-0.2, -0.15) is 0 Å². The van der Waals surface area contributed by atoms with Crippen molar-refractivity contribution in [1.82, 2.24) is 24.5 Å². The molecule has 0 spiro atoms. The zero-order valence-electron chi connectivity index (χ0n) is 35.3. The number of sulfonamides is 1. The molecule has 0 unspecified atom stereocenters. The highest BCUT2D eigenvalue weighted by Crippen LogP contribution is 2.52. The molecule has 1 saturated heterocycles. The van der Waals surface area contributed by atoms with Gasteiger partial charge in [-0.15, -0.1) is 6.58 Å². The van der Waals surface area contributed by atoms with Crippen LogP contribution in [0, 0.1) is 5.92 Å². The second-order valence-corrected chi connectivity index (χ2v) is 19.5. The zero-order valence-corrected chi connectivity index (χ0v) is 36.1. The van der Waals surface area contributed by atoms with E-state index < -0.39 is 61.9 Å². The number of nitrogens with one attached hydrogen (secondary N) is 1. The van der Waals surface area contributed by atoms with Gasteiger partial charge < -0.3 is 19.1 Å². The summed E-state index contributed by atoms with van der Waals surface area (Å²) in [7, 11) is -2.63. The molecule has 3 aromatic carbocycles. The van der Waals surface area contributed by atoms with Crippen LogP contribution in [0.4, 0.5) is 4.79 Å². The van der Waals surface area contributed by atoms with E-state index in [1.54, 1.807) is 58.4 Å². The number of hydrogen-bond donors (Lipinski definition) is 1. The van der Waals surface area contributed by atoms with Gasteiger partial charge in [0.1, 0.15) is 34.8 Å². The van der Waals surface area contributed by atoms with E-state index in [1.165, 1.54) is 9.80 Å². The van der Waals surface area contributed by atoms with Crippen molar-refractivity contribution in [2.75, 3.05) is 13.7 Å². The average Bonchev–Trinajstić information content (AvgIpc) is 4.17. The van der Waals surface area contributed by atoms with Gasteiger partial charge in [-0.25, -0.2) is 18.2 Å². The fourth-order valence-corrected chi connectivity index (χ4v) is 10.1. The first-order valence-corrected chi connectivity index (χ1v) is 22.3. The average molecular weight is 858 g/mol. The number of carbonyl (C=O) groups is 3. The lowest BCUT2D eigenvalue weighted by Crippen LogP contribution is -2.59. The van der Waals surface area contributed by atoms with Crippen molar-refractivity contribution < 1.29 is 37.0 Å². The fourth-order valence-electron chi connectivity index (χ4n) is 8.44. The van der Waals surface area contributed by atoms with Gasteiger partial charge in [-0.1, -0.05) is 72.8 Å². The minimum absolute atomic E-state index is 0.0240. The lowest BCUT2D eigenvalue weighted by atomic mass is 10.0. The molecule has 1 aliphatic heterocycles. The van der Waals surface area contributed by atoms with Crippen LogP contribution in [0.2, 0.25) is 0 Å². The maximum atomic E-state index is 15.4. The molecule has 3 fully saturated rings. The molecule has 0 radical (unpaired) electrons. The zero-order chi connectivity index (χ0) is 43.9. The summed E-state index contributed by atoms with van der Waals surface area (Å²) in [6.07, 6.45) is 3.04. The van der Waals surface area contributed by atoms with E-state index in [1.807, 2.05) is 84.9 Å². The largest absolute Gasteiger partial charge is 0.497 e. The van der Waals surface area contributed by atoms with Gasteiger partial charge in [0.25, 0.3) is 5.91 Å². The number of nitrogens with zero attached hydrogens (tertiary/aromatic N) is 4. The molecule has 0 bridgehead atoms. The second kappa shape index (κ2) is 16.5. The highest BCUT2D eigenvalue weighted by atomic mass is 32.2. The van der Waals surface area contributed by atoms with Crippen molar-refractivity contribution in [3.8, 4) is 22.9 Å². The molecular weight excluding hydrogens is 807 g/mol. The number of aromatic nitrogens is 2. The van der Waals surface area contributed by atoms with Crippen molar-refractivity contribution >= 4 is 38.8 Å². The number of methoxy groups -OCH3 is 1. The SMILES string of the molecule is C=C[C@@H]1C[C@@]1(C(=O)NS(=O)(=O)C1(Cc2ccccc2)CC1)N(Cc1ccccc1)C(=O)[C@@H]1C[C@@H](Oc2cc(-c3ccccn3)nc3cc(OC)ccc23)CN1C(=O)OC(C)(C)C. The Hall–Kier alpha value is -6.28. The normalized spacial score (nSPS) is 21.4. The predicted octanol–water partition coefficient (Wildman–Crippen LogP) is 7.26. The number of ether oxygens (including phenoxy) is 3. The number of likely N-dealkylation sites (tertiary alicyclic amines) is 1. The molecule has 62 heavy (non-hydrogen) atoms. The smallest absolute Gasteiger partial charge is 0.411 e. The Morgan fingerprint density at radius 1 is 0.935 bits per heavy atom. The maximum Gasteiger partial charge on any atom is 0.411 e. The van der Waals surface area contributed by atoms with E-state index in [2.05, 4.69) is 16.3 Å². The van der Waals surface area contributed by atoms with Crippen molar-refractivity contribution in [3.63, 3.8) is 0 Å². The predicted molar refractivity (Wildman–Crippen MR) is 234 cm³/mol. The number of rotatable bonds is 14. The van der Waals surface area contributed by atoms with Crippen molar-refractivity contribution in [2.45, 2.75) is 87.5 Å². The fraction of sp³-hybridized carbons (Fsp3) is 0.354. The minimum Gasteiger partial charge on any atom is -0.497 e. The van der Waals surface area contributed by atoms with Crippen LogP contribution in [-0.4, -0.2) is 87.8 Å². The summed E-state index contributed by atoms with van der Waals surface area (Å²) in [6, 6.07) is 30.1. The molecule has 3 aliphatic rings. The van der Waals surface area contributed by atoms with Crippen molar-refractivity contribution in [2.24, 2.45) is 5.92 Å². The van der Waals surface area contributed by atoms with Crippen LogP contribution in [0.15, 0.2) is 122 Å². The van der Waals surface area contributed by atoms with E-state index in [0.717, 1.165) is 5.56 Å². The number of benzene rings is 3. The molecule has 322 valence electrons. The van der Waals surface area contributed by atoms with Gasteiger partial charge in [0.2, 0.25) is 15.9 Å². The third-order valence-corrected chi connectivity index (χ3v) is 14.1. The number of amides is 3. The van der Waals surface area contributed by atoms with Gasteiger partial charge in [0.05, 0.1) is 35.3 Å². The van der Waals surface area contributed by atoms with Gasteiger partial charge in [-0.3, -0.25) is 24.2 Å². The van der Waals surface area contributed by atoms with Gasteiger partial charge in [-0.05, 0) is 81.8 Å². The van der Waals surface area contributed by atoms with E-state index >= 15 is 4.79 Å². The standard InChI is InChI=1S/C48H51N5O8S/c1-6-34-29-48(34,44(55)51-62(57,58)47(22-23-47)28-32-15-9-7-10-16-32)53(30-33-17-11-8-12-18-33)43(54)41-26-36(31-52(41)45(56)61-46(2,3)4)60-42-27-40(38-19-13-14-24-49-38)50-39-25-35(59-5)20-21-37(39)42/h6-21,24-25,27,34,36,41H,1,22-23,26,28-31H2,2-5H3,(H,51,55)/t34-,36-,41+,48-/m1/s1. The molecule has 13 nitrogen and oxygen atoms in total. The van der Waals surface area contributed by atoms with Crippen molar-refractivity contribution in [1.29, 1.82) is 0 Å². The molecular formula is C48H51N5O8S. The Bertz CT molecular complexity index is 2600. The number of pyridine rings is 2. The summed E-state index contributed by atoms with van der Waals surface area (Å²) < 4.78 is 47.8. The van der Waals surface area contributed by atoms with E-state index in [4.69, 9.17) is 19.2 Å². The number of hydrogen-bond acceptors (Lipinski definition) is 10. The molecule has 2 aliphatic carbocycles. The molecule has 4 atom stereocenters. The Balaban J connectivity index is 1.15. The van der Waals surface area contributed by atoms with Crippen LogP contribution in [0.3, 0.4) is 0 Å². The number of carbonyl (C=O) groups excluding carboxylic acids is 3. The second-order valence-electron chi connectivity index (χ2n) is 17.4. The van der Waals surface area contributed by atoms with E-state index in [9.17, 15) is 18.0 Å². The summed E-state index contributed by atoms with van der Waals surface area (Å²) >= 11 is 0. The summed E-state index contributed by atoms with van der Waals surface area (Å²) in [6.45, 7) is 9.14. The third-order valence-electron chi connectivity index (χ3n) is 11.9. The van der Waals surface area contributed by atoms with E-state index in [-0.39, 0.29) is 32.4 Å². The molecule has 3 amide bonds. The molecule has 8 rings (SSSR count). The highest BCUT2D eigenvalue weighted by molar-refractivity contribution is 7.91. The summed E-state index contributed by atoms with van der Waals surface area (Å²) in [5.74, 6) is -0.861. The summed E-state index contributed by atoms with van der Waals surface area (Å²) in [5, 5.41) is 0.680. The minimum atomic E-state index is -4.20. The molecule has 2 saturated carbocycles. The van der Waals surface area contributed by atoms with Gasteiger partial charge in [0.15, 0.2) is 0 Å². The van der Waals surface area contributed by atoms with Crippen LogP contribution in [0.5, 0.6) is 11.5 Å². The third kappa shape index (κ3) is 8.48. The molecule has 5 aromatic rings. The van der Waals surface area contributed by atoms with Crippen LogP contribution in [0.25, 0.3) is 22.3 Å². The quantitative estimate of drug-likeness (QED) is 0.113. The van der Waals surface area contributed by atoms with Crippen LogP contribution in [0.1, 0.15) is 57.6 Å². The number of fused-ring (bicyclic) bond motifs is 1. The highest BCUT2D eigenvalue weighted by Gasteiger charge is 2.67. The first-order chi connectivity index (χ1) is 29.6.